The third-order valence-electron chi connectivity index (χ3n) is 2.27. The van der Waals surface area contributed by atoms with Crippen LogP contribution in [0.3, 0.4) is 0 Å². The number of hydrogen-bond donors (Lipinski definition) is 0. The van der Waals surface area contributed by atoms with Gasteiger partial charge in [-0.2, -0.15) is 9.64 Å². The van der Waals surface area contributed by atoms with Crippen molar-refractivity contribution in [3.05, 3.63) is 39.5 Å². The Bertz CT molecular complexity index is 692. The van der Waals surface area contributed by atoms with Crippen LogP contribution >= 0.6 is 34.7 Å². The van der Waals surface area contributed by atoms with Gasteiger partial charge in [0.2, 0.25) is 5.06 Å². The van der Waals surface area contributed by atoms with Crippen molar-refractivity contribution in [1.29, 1.82) is 5.26 Å². The lowest BCUT2D eigenvalue weighted by Crippen LogP contribution is -1.93. The van der Waals surface area contributed by atoms with Crippen LogP contribution in [0.15, 0.2) is 18.2 Å². The number of aromatic nitrogens is 1. The van der Waals surface area contributed by atoms with Crippen LogP contribution in [0.1, 0.15) is 22.8 Å². The summed E-state index contributed by atoms with van der Waals surface area (Å²) in [5.74, 6) is 0.246. The van der Waals surface area contributed by atoms with Crippen LogP contribution in [0.2, 0.25) is 10.2 Å². The lowest BCUT2D eigenvalue weighted by molar-refractivity contribution is 0.101. The van der Waals surface area contributed by atoms with Crippen molar-refractivity contribution in [2.75, 3.05) is 0 Å². The highest BCUT2D eigenvalue weighted by Gasteiger charge is 2.15. The van der Waals surface area contributed by atoms with Gasteiger partial charge in [0.25, 0.3) is 0 Å². The van der Waals surface area contributed by atoms with Crippen molar-refractivity contribution in [2.24, 2.45) is 0 Å². The van der Waals surface area contributed by atoms with Crippen molar-refractivity contribution < 1.29 is 9.53 Å². The van der Waals surface area contributed by atoms with Gasteiger partial charge in [-0.05, 0) is 25.1 Å². The van der Waals surface area contributed by atoms with Crippen LogP contribution in [-0.2, 0) is 0 Å². The first-order valence-corrected chi connectivity index (χ1v) is 6.59. The maximum Gasteiger partial charge on any atom is 0.219 e. The van der Waals surface area contributed by atoms with Gasteiger partial charge in [0.05, 0.1) is 5.02 Å². The Kier molecular flexibility index (Phi) is 4.05. The molecular weight excluding hydrogens is 307 g/mol. The van der Waals surface area contributed by atoms with E-state index in [1.807, 2.05) is 6.07 Å². The van der Waals surface area contributed by atoms with E-state index in [9.17, 15) is 4.79 Å². The number of ether oxygens (including phenoxy) is 1. The Hall–Kier alpha value is -1.61. The maximum absolute atomic E-state index is 11.2. The molecule has 0 spiro atoms. The molecule has 0 aliphatic rings. The van der Waals surface area contributed by atoms with Crippen molar-refractivity contribution in [1.82, 2.24) is 4.37 Å². The molecule has 2 rings (SSSR count). The first-order valence-electron chi connectivity index (χ1n) is 5.06. The molecule has 7 heteroatoms. The average molecular weight is 313 g/mol. The van der Waals surface area contributed by atoms with E-state index in [1.165, 1.54) is 13.0 Å². The summed E-state index contributed by atoms with van der Waals surface area (Å²) in [5.41, 5.74) is 0.651. The topological polar surface area (TPSA) is 63.0 Å². The predicted molar refractivity (Wildman–Crippen MR) is 73.4 cm³/mol. The first-order chi connectivity index (χ1) is 9.02. The first kappa shape index (κ1) is 13.8. The monoisotopic (exact) mass is 312 g/mol. The molecule has 0 N–H and O–H groups in total. The molecule has 4 nitrogen and oxygen atoms in total. The van der Waals surface area contributed by atoms with Gasteiger partial charge in [-0.3, -0.25) is 4.79 Å². The Labute approximate surface area is 123 Å². The number of benzene rings is 1. The molecule has 0 fully saturated rings. The molecule has 2 aromatic rings. The molecule has 1 aromatic carbocycles. The zero-order chi connectivity index (χ0) is 14.0. The van der Waals surface area contributed by atoms with E-state index >= 15 is 0 Å². The second kappa shape index (κ2) is 5.57. The van der Waals surface area contributed by atoms with Crippen LogP contribution in [-0.4, -0.2) is 10.2 Å². The molecule has 19 heavy (non-hydrogen) atoms. The smallest absolute Gasteiger partial charge is 0.219 e. The highest BCUT2D eigenvalue weighted by Crippen LogP contribution is 2.36. The van der Waals surface area contributed by atoms with Gasteiger partial charge in [0.15, 0.2) is 10.9 Å². The number of rotatable bonds is 3. The number of halogens is 2. The van der Waals surface area contributed by atoms with Gasteiger partial charge in [-0.15, -0.1) is 0 Å². The second-order valence-electron chi connectivity index (χ2n) is 3.55. The van der Waals surface area contributed by atoms with Crippen LogP contribution in [0.4, 0.5) is 0 Å². The SMILES string of the molecule is CC(=O)c1ccc(Oc2snc(Cl)c2C#N)c(Cl)c1. The minimum absolute atomic E-state index is 0.0907. The molecule has 96 valence electrons. The number of nitrogens with zero attached hydrogens (tertiary/aromatic N) is 2. The van der Waals surface area contributed by atoms with Crippen LogP contribution in [0, 0.1) is 11.3 Å². The van der Waals surface area contributed by atoms with Crippen LogP contribution in [0.5, 0.6) is 10.8 Å². The number of hydrogen-bond acceptors (Lipinski definition) is 5. The van der Waals surface area contributed by atoms with E-state index in [0.717, 1.165) is 11.5 Å². The normalized spacial score (nSPS) is 10.0. The van der Waals surface area contributed by atoms with E-state index in [-0.39, 0.29) is 26.6 Å². The highest BCUT2D eigenvalue weighted by atomic mass is 35.5. The van der Waals surface area contributed by atoms with Gasteiger partial charge in [0, 0.05) is 17.1 Å². The molecule has 0 saturated carbocycles. The largest absolute Gasteiger partial charge is 0.442 e. The Balaban J connectivity index is 2.34. The quantitative estimate of drug-likeness (QED) is 0.792. The number of nitriles is 1. The Morgan fingerprint density at radius 3 is 2.79 bits per heavy atom. The van der Waals surface area contributed by atoms with E-state index in [1.54, 1.807) is 12.1 Å². The van der Waals surface area contributed by atoms with Crippen molar-refractivity contribution in [2.45, 2.75) is 6.92 Å². The average Bonchev–Trinajstić information content (AvgIpc) is 2.72. The lowest BCUT2D eigenvalue weighted by atomic mass is 10.1. The second-order valence-corrected chi connectivity index (χ2v) is 5.05. The summed E-state index contributed by atoms with van der Waals surface area (Å²) in [7, 11) is 0. The fourth-order valence-corrected chi connectivity index (χ4v) is 2.44. The maximum atomic E-state index is 11.2. The summed E-state index contributed by atoms with van der Waals surface area (Å²) >= 11 is 12.7. The molecule has 0 aliphatic heterocycles. The van der Waals surface area contributed by atoms with Gasteiger partial charge in [-0.1, -0.05) is 23.2 Å². The summed E-state index contributed by atoms with van der Waals surface area (Å²) in [4.78, 5) is 11.2. The third-order valence-corrected chi connectivity index (χ3v) is 3.67. The van der Waals surface area contributed by atoms with Gasteiger partial charge in [0.1, 0.15) is 17.4 Å². The molecule has 0 aliphatic carbocycles. The van der Waals surface area contributed by atoms with Crippen LogP contribution in [0.25, 0.3) is 0 Å². The van der Waals surface area contributed by atoms with Gasteiger partial charge >= 0.3 is 0 Å². The summed E-state index contributed by atoms with van der Waals surface area (Å²) in [6.07, 6.45) is 0. The molecule has 0 atom stereocenters. The zero-order valence-electron chi connectivity index (χ0n) is 9.61. The zero-order valence-corrected chi connectivity index (χ0v) is 11.9. The highest BCUT2D eigenvalue weighted by molar-refractivity contribution is 7.08. The standard InChI is InChI=1S/C12H6Cl2N2O2S/c1-6(17)7-2-3-10(9(13)4-7)18-12-8(5-15)11(14)16-19-12/h2-4H,1H3. The number of carbonyl (C=O) groups is 1. The van der Waals surface area contributed by atoms with Gasteiger partial charge < -0.3 is 4.74 Å². The number of carbonyl (C=O) groups excluding carboxylic acids is 1. The van der Waals surface area contributed by atoms with Crippen molar-refractivity contribution >= 4 is 40.5 Å². The molecule has 0 saturated heterocycles. The summed E-state index contributed by atoms with van der Waals surface area (Å²) in [6.45, 7) is 1.45. The van der Waals surface area contributed by atoms with E-state index in [4.69, 9.17) is 33.2 Å². The summed E-state index contributed by atoms with van der Waals surface area (Å²) < 4.78 is 9.31. The van der Waals surface area contributed by atoms with E-state index in [2.05, 4.69) is 4.37 Å². The molecule has 1 aromatic heterocycles. The Morgan fingerprint density at radius 2 is 2.21 bits per heavy atom. The molecule has 1 heterocycles. The number of ketones is 1. The molecule has 0 unspecified atom stereocenters. The number of Topliss-reactive ketones (excluding diaryl/α,β-unsaturated/α-hetero) is 1. The van der Waals surface area contributed by atoms with Gasteiger partial charge in [-0.25, -0.2) is 0 Å². The van der Waals surface area contributed by atoms with E-state index < -0.39 is 0 Å². The van der Waals surface area contributed by atoms with E-state index in [0.29, 0.717) is 11.3 Å². The summed E-state index contributed by atoms with van der Waals surface area (Å²) in [6, 6.07) is 6.57. The Morgan fingerprint density at radius 1 is 1.47 bits per heavy atom. The van der Waals surface area contributed by atoms with Crippen LogP contribution < -0.4 is 4.74 Å². The molecule has 0 radical (unpaired) electrons. The fraction of sp³-hybridized carbons (Fsp3) is 0.0833. The third kappa shape index (κ3) is 2.87. The lowest BCUT2D eigenvalue weighted by Gasteiger charge is -2.06. The van der Waals surface area contributed by atoms with Crippen molar-refractivity contribution in [3.8, 4) is 16.9 Å². The summed E-state index contributed by atoms with van der Waals surface area (Å²) in [5, 5.41) is 9.57. The minimum atomic E-state index is -0.0907. The molecule has 0 bridgehead atoms. The molecular formula is C12H6Cl2N2O2S. The predicted octanol–water partition coefficient (Wildman–Crippen LogP) is 4.32. The molecule has 0 amide bonds. The minimum Gasteiger partial charge on any atom is -0.442 e. The van der Waals surface area contributed by atoms with Crippen molar-refractivity contribution in [3.63, 3.8) is 0 Å². The fourth-order valence-electron chi connectivity index (χ4n) is 1.32.